The summed E-state index contributed by atoms with van der Waals surface area (Å²) in [5.41, 5.74) is 4.29. The van der Waals surface area contributed by atoms with E-state index in [4.69, 9.17) is 17.0 Å². The molecule has 2 amide bonds. The maximum Gasteiger partial charge on any atom is 0.267 e. The Hall–Kier alpha value is -2.48. The van der Waals surface area contributed by atoms with Gasteiger partial charge in [0, 0.05) is 12.2 Å². The summed E-state index contributed by atoms with van der Waals surface area (Å²) in [7, 11) is 0. The highest BCUT2D eigenvalue weighted by molar-refractivity contribution is 8.26. The van der Waals surface area contributed by atoms with Gasteiger partial charge in [-0.3, -0.25) is 14.5 Å². The van der Waals surface area contributed by atoms with Crippen LogP contribution in [0.2, 0.25) is 0 Å². The first-order valence-corrected chi connectivity index (χ1v) is 11.6. The molecular weight excluding hydrogens is 428 g/mol. The Morgan fingerprint density at radius 3 is 2.58 bits per heavy atom. The van der Waals surface area contributed by atoms with Crippen molar-refractivity contribution >= 4 is 51.4 Å². The minimum atomic E-state index is -0.194. The van der Waals surface area contributed by atoms with Gasteiger partial charge >= 0.3 is 0 Å². The summed E-state index contributed by atoms with van der Waals surface area (Å²) in [6.07, 6.45) is 1.94. The van der Waals surface area contributed by atoms with E-state index in [-0.39, 0.29) is 17.9 Å². The molecule has 1 atom stereocenters. The van der Waals surface area contributed by atoms with Gasteiger partial charge in [0.1, 0.15) is 4.32 Å². The first-order valence-electron chi connectivity index (χ1n) is 10.4. The summed E-state index contributed by atoms with van der Waals surface area (Å²) in [4.78, 5) is 30.6. The summed E-state index contributed by atoms with van der Waals surface area (Å²) in [6, 6.07) is 15.8. The Labute approximate surface area is 191 Å². The first kappa shape index (κ1) is 20.4. The van der Waals surface area contributed by atoms with Crippen LogP contribution in [0.4, 0.5) is 5.69 Å². The van der Waals surface area contributed by atoms with E-state index in [2.05, 4.69) is 0 Å². The molecule has 0 unspecified atom stereocenters. The number of amides is 2. The zero-order valence-corrected chi connectivity index (χ0v) is 18.8. The van der Waals surface area contributed by atoms with Gasteiger partial charge in [-0.2, -0.15) is 0 Å². The molecule has 3 aliphatic heterocycles. The summed E-state index contributed by atoms with van der Waals surface area (Å²) < 4.78 is 6.18. The smallest absolute Gasteiger partial charge is 0.267 e. The highest BCUT2D eigenvalue weighted by Crippen LogP contribution is 2.45. The average molecular weight is 451 g/mol. The molecule has 0 aliphatic carbocycles. The van der Waals surface area contributed by atoms with Crippen molar-refractivity contribution in [2.45, 2.75) is 32.4 Å². The molecule has 2 aromatic rings. The molecule has 2 saturated heterocycles. The van der Waals surface area contributed by atoms with Gasteiger partial charge in [0.25, 0.3) is 11.8 Å². The van der Waals surface area contributed by atoms with Crippen LogP contribution in [-0.4, -0.2) is 40.3 Å². The molecule has 0 radical (unpaired) electrons. The predicted octanol–water partition coefficient (Wildman–Crippen LogP) is 4.29. The van der Waals surface area contributed by atoms with Crippen molar-refractivity contribution in [1.29, 1.82) is 0 Å². The van der Waals surface area contributed by atoms with Crippen LogP contribution in [0.15, 0.2) is 53.4 Å². The Morgan fingerprint density at radius 2 is 1.84 bits per heavy atom. The van der Waals surface area contributed by atoms with Crippen molar-refractivity contribution < 1.29 is 14.3 Å². The highest BCUT2D eigenvalue weighted by atomic mass is 32.2. The monoisotopic (exact) mass is 450 g/mol. The zero-order chi connectivity index (χ0) is 21.5. The Balaban J connectivity index is 1.49. The number of carbonyl (C=O) groups excluding carboxylic acids is 2. The van der Waals surface area contributed by atoms with Crippen LogP contribution < -0.4 is 4.90 Å². The number of hydrogen-bond donors (Lipinski definition) is 0. The summed E-state index contributed by atoms with van der Waals surface area (Å²) in [6.45, 7) is 3.66. The minimum Gasteiger partial charge on any atom is -0.376 e. The van der Waals surface area contributed by atoms with Crippen LogP contribution in [0.3, 0.4) is 0 Å². The Morgan fingerprint density at radius 1 is 1.06 bits per heavy atom. The van der Waals surface area contributed by atoms with Gasteiger partial charge in [-0.1, -0.05) is 72.0 Å². The molecule has 2 aromatic carbocycles. The molecule has 3 aliphatic rings. The van der Waals surface area contributed by atoms with Crippen LogP contribution in [-0.2, 0) is 20.9 Å². The number of nitrogens with zero attached hydrogens (tertiary/aromatic N) is 2. The third-order valence-electron chi connectivity index (χ3n) is 5.87. The lowest BCUT2D eigenvalue weighted by molar-refractivity contribution is -0.123. The third kappa shape index (κ3) is 3.71. The van der Waals surface area contributed by atoms with Gasteiger partial charge in [-0.05, 0) is 31.4 Å². The summed E-state index contributed by atoms with van der Waals surface area (Å²) in [5.74, 6) is -0.347. The zero-order valence-electron chi connectivity index (χ0n) is 17.2. The van der Waals surface area contributed by atoms with Gasteiger partial charge in [0.15, 0.2) is 0 Å². The van der Waals surface area contributed by atoms with Gasteiger partial charge in [0.05, 0.1) is 35.4 Å². The molecule has 0 aromatic heterocycles. The van der Waals surface area contributed by atoms with E-state index >= 15 is 0 Å². The van der Waals surface area contributed by atoms with Crippen LogP contribution in [0, 0.1) is 6.92 Å². The summed E-state index contributed by atoms with van der Waals surface area (Å²) in [5, 5.41) is 0. The predicted molar refractivity (Wildman–Crippen MR) is 127 cm³/mol. The van der Waals surface area contributed by atoms with Crippen molar-refractivity contribution in [1.82, 2.24) is 4.90 Å². The molecule has 158 valence electrons. The number of rotatable bonds is 4. The van der Waals surface area contributed by atoms with Crippen molar-refractivity contribution in [2.24, 2.45) is 0 Å². The molecule has 7 heteroatoms. The Kier molecular flexibility index (Phi) is 5.42. The number of thioether (sulfide) groups is 1. The van der Waals surface area contributed by atoms with Gasteiger partial charge in [-0.25, -0.2) is 0 Å². The lowest BCUT2D eigenvalue weighted by Crippen LogP contribution is -2.35. The third-order valence-corrected chi connectivity index (χ3v) is 7.32. The molecule has 2 fully saturated rings. The molecule has 5 rings (SSSR count). The number of anilines is 1. The highest BCUT2D eigenvalue weighted by Gasteiger charge is 2.42. The number of benzene rings is 2. The normalized spacial score (nSPS) is 23.3. The standard InChI is InChI=1S/C24H22N2O3S2/c1-15-8-10-16(11-9-15)13-25-19-7-3-2-6-18(19)20(22(25)27)21-23(28)26(24(30)31-21)14-17-5-4-12-29-17/h2-3,6-11,17H,4-5,12-14H2,1H3/b21-20-/t17-/m1/s1. The molecule has 3 heterocycles. The maximum absolute atomic E-state index is 13.5. The van der Waals surface area contributed by atoms with Crippen LogP contribution in [0.5, 0.6) is 0 Å². The lowest BCUT2D eigenvalue weighted by atomic mass is 10.1. The number of fused-ring (bicyclic) bond motifs is 1. The van der Waals surface area contributed by atoms with E-state index in [0.717, 1.165) is 36.3 Å². The first-order chi connectivity index (χ1) is 15.0. The van der Waals surface area contributed by atoms with E-state index in [1.165, 1.54) is 17.3 Å². The van der Waals surface area contributed by atoms with Gasteiger partial charge in [-0.15, -0.1) is 0 Å². The van der Waals surface area contributed by atoms with E-state index in [1.807, 2.05) is 55.5 Å². The second kappa shape index (κ2) is 8.22. The number of hydrogen-bond acceptors (Lipinski definition) is 5. The minimum absolute atomic E-state index is 0.0106. The van der Waals surface area contributed by atoms with Crippen molar-refractivity contribution in [3.8, 4) is 0 Å². The summed E-state index contributed by atoms with van der Waals surface area (Å²) >= 11 is 6.73. The topological polar surface area (TPSA) is 49.9 Å². The van der Waals surface area contributed by atoms with E-state index in [1.54, 1.807) is 9.80 Å². The van der Waals surface area contributed by atoms with Crippen molar-refractivity contribution in [2.75, 3.05) is 18.1 Å². The number of carbonyl (C=O) groups is 2. The molecule has 0 N–H and O–H groups in total. The van der Waals surface area contributed by atoms with Gasteiger partial charge < -0.3 is 9.64 Å². The van der Waals surface area contributed by atoms with Crippen molar-refractivity contribution in [3.05, 3.63) is 70.1 Å². The van der Waals surface area contributed by atoms with E-state index in [9.17, 15) is 9.59 Å². The number of ether oxygens (including phenoxy) is 1. The fourth-order valence-electron chi connectivity index (χ4n) is 4.23. The fraction of sp³-hybridized carbons (Fsp3) is 0.292. The second-order valence-corrected chi connectivity index (χ2v) is 9.66. The quantitative estimate of drug-likeness (QED) is 0.514. The van der Waals surface area contributed by atoms with Gasteiger partial charge in [0.2, 0.25) is 0 Å². The molecule has 0 bridgehead atoms. The maximum atomic E-state index is 13.5. The van der Waals surface area contributed by atoms with E-state index in [0.29, 0.717) is 27.9 Å². The van der Waals surface area contributed by atoms with Crippen LogP contribution in [0.1, 0.15) is 29.5 Å². The van der Waals surface area contributed by atoms with Crippen LogP contribution >= 0.6 is 24.0 Å². The fourth-order valence-corrected chi connectivity index (χ4v) is 5.58. The Bertz CT molecular complexity index is 1100. The molecular formula is C24H22N2O3S2. The van der Waals surface area contributed by atoms with Crippen molar-refractivity contribution in [3.63, 3.8) is 0 Å². The lowest BCUT2D eigenvalue weighted by Gasteiger charge is -2.18. The second-order valence-electron chi connectivity index (χ2n) is 8.02. The molecule has 5 nitrogen and oxygen atoms in total. The van der Waals surface area contributed by atoms with Crippen LogP contribution in [0.25, 0.3) is 5.57 Å². The molecule has 0 saturated carbocycles. The number of para-hydroxylation sites is 1. The largest absolute Gasteiger partial charge is 0.376 e. The SMILES string of the molecule is Cc1ccc(CN2C(=O)/C(=C3\SC(=S)N(C[C@H]4CCCO4)C3=O)c3ccccc32)cc1. The average Bonchev–Trinajstić information content (AvgIpc) is 3.45. The van der Waals surface area contributed by atoms with E-state index < -0.39 is 0 Å². The molecule has 31 heavy (non-hydrogen) atoms. The number of thiocarbonyl (C=S) groups is 1. The molecule has 0 spiro atoms. The number of aryl methyl sites for hydroxylation is 1.